The van der Waals surface area contributed by atoms with Crippen molar-refractivity contribution in [2.75, 3.05) is 0 Å². The van der Waals surface area contributed by atoms with Crippen LogP contribution in [-0.4, -0.2) is 16.0 Å². The number of carbonyl (C=O) groups excluding carboxylic acids is 1. The van der Waals surface area contributed by atoms with E-state index in [4.69, 9.17) is 0 Å². The molecule has 0 spiro atoms. The molecule has 0 unspecified atom stereocenters. The van der Waals surface area contributed by atoms with Crippen LogP contribution in [0.5, 0.6) is 5.75 Å². The lowest BCUT2D eigenvalue weighted by Crippen LogP contribution is -2.27. The van der Waals surface area contributed by atoms with Gasteiger partial charge in [0.05, 0.1) is 9.85 Å². The van der Waals surface area contributed by atoms with Gasteiger partial charge in [-0.2, -0.15) is 0 Å². The van der Waals surface area contributed by atoms with Crippen molar-refractivity contribution in [1.29, 1.82) is 0 Å². The van der Waals surface area contributed by atoms with E-state index in [0.717, 1.165) is 12.1 Å². The zero-order chi connectivity index (χ0) is 15.3. The molecule has 1 rings (SSSR count). The highest BCUT2D eigenvalue weighted by molar-refractivity contribution is 5.67. The topological polar surface area (TPSA) is 136 Å². The molecular formula is C11H11N2O7-. The van der Waals surface area contributed by atoms with E-state index in [9.17, 15) is 30.1 Å². The monoisotopic (exact) mass is 283 g/mol. The third-order valence-corrected chi connectivity index (χ3v) is 2.57. The molecular weight excluding hydrogens is 272 g/mol. The van der Waals surface area contributed by atoms with E-state index in [2.05, 4.69) is 4.74 Å². The number of hydrogen-bond donors (Lipinski definition) is 0. The molecule has 0 aromatic heterocycles. The molecule has 0 heterocycles. The highest BCUT2D eigenvalue weighted by atomic mass is 16.7. The summed E-state index contributed by atoms with van der Waals surface area (Å²) >= 11 is 0. The summed E-state index contributed by atoms with van der Waals surface area (Å²) in [6.07, 6.45) is -0.743. The molecule has 0 aliphatic carbocycles. The van der Waals surface area contributed by atoms with Crippen LogP contribution in [-0.2, 0) is 6.42 Å². The second kappa shape index (κ2) is 6.45. The lowest BCUT2D eigenvalue weighted by molar-refractivity contribution is -0.396. The van der Waals surface area contributed by atoms with Crippen molar-refractivity contribution in [2.45, 2.75) is 26.2 Å². The van der Waals surface area contributed by atoms with Gasteiger partial charge in [0.1, 0.15) is 11.3 Å². The van der Waals surface area contributed by atoms with Crippen LogP contribution in [0.4, 0.5) is 16.2 Å². The fraction of sp³-hybridized carbons (Fsp3) is 0.364. The average molecular weight is 283 g/mol. The number of nitro groups is 2. The predicted molar refractivity (Wildman–Crippen MR) is 64.4 cm³/mol. The Labute approximate surface area is 113 Å². The van der Waals surface area contributed by atoms with Crippen molar-refractivity contribution in [3.8, 4) is 5.75 Å². The minimum Gasteiger partial charge on any atom is -0.507 e. The van der Waals surface area contributed by atoms with E-state index < -0.39 is 33.1 Å². The molecule has 9 nitrogen and oxygen atoms in total. The van der Waals surface area contributed by atoms with Gasteiger partial charge in [0, 0.05) is 6.07 Å². The van der Waals surface area contributed by atoms with Crippen LogP contribution in [0.3, 0.4) is 0 Å². The van der Waals surface area contributed by atoms with Crippen LogP contribution < -0.4 is 9.84 Å². The van der Waals surface area contributed by atoms with Crippen molar-refractivity contribution >= 4 is 17.5 Å². The molecule has 1 aromatic rings. The highest BCUT2D eigenvalue weighted by Crippen LogP contribution is 2.37. The molecule has 108 valence electrons. The number of carboxylic acid groups (broad SMARTS) is 1. The third-order valence-electron chi connectivity index (χ3n) is 2.57. The molecule has 0 atom stereocenters. The molecule has 9 heteroatoms. The molecule has 0 aliphatic heterocycles. The standard InChI is InChI=1S/C11H12N2O7/c1-2-3-4-7-8(12(16)17)5-6-9(20-11(14)15)10(7)13(18)19/h5-6H,2-4H2,1H3,(H,14,15)/p-1. The molecule has 0 aliphatic rings. The Morgan fingerprint density at radius 3 is 2.35 bits per heavy atom. The average Bonchev–Trinajstić information content (AvgIpc) is 2.34. The fourth-order valence-corrected chi connectivity index (χ4v) is 1.75. The largest absolute Gasteiger partial charge is 0.507 e. The minimum absolute atomic E-state index is 0.0768. The minimum atomic E-state index is -1.97. The van der Waals surface area contributed by atoms with Gasteiger partial charge >= 0.3 is 5.69 Å². The van der Waals surface area contributed by atoms with Crippen molar-refractivity contribution in [1.82, 2.24) is 0 Å². The van der Waals surface area contributed by atoms with Gasteiger partial charge in [-0.1, -0.05) is 13.3 Å². The normalized spacial score (nSPS) is 10.1. The number of nitrogens with zero attached hydrogens (tertiary/aromatic N) is 2. The summed E-state index contributed by atoms with van der Waals surface area (Å²) in [5, 5.41) is 32.4. The van der Waals surface area contributed by atoms with Crippen molar-refractivity contribution in [3.05, 3.63) is 37.9 Å². The molecule has 0 amide bonds. The van der Waals surface area contributed by atoms with Gasteiger partial charge in [-0.25, -0.2) is 0 Å². The number of benzene rings is 1. The fourth-order valence-electron chi connectivity index (χ4n) is 1.75. The SMILES string of the molecule is CCCCc1c([N+](=O)[O-])ccc(OC(=O)[O-])c1[N+](=O)[O-]. The van der Waals surface area contributed by atoms with Crippen molar-refractivity contribution in [2.24, 2.45) is 0 Å². The molecule has 20 heavy (non-hydrogen) atoms. The van der Waals surface area contributed by atoms with Gasteiger partial charge in [-0.3, -0.25) is 20.2 Å². The molecule has 0 radical (unpaired) electrons. The predicted octanol–water partition coefficient (Wildman–Crippen LogP) is 1.57. The maximum Gasteiger partial charge on any atom is 0.302 e. The van der Waals surface area contributed by atoms with Crippen LogP contribution in [0.15, 0.2) is 12.1 Å². The summed E-state index contributed by atoms with van der Waals surface area (Å²) in [5.74, 6) is -0.577. The zero-order valence-corrected chi connectivity index (χ0v) is 10.5. The van der Waals surface area contributed by atoms with Crippen LogP contribution in [0.2, 0.25) is 0 Å². The first-order valence-corrected chi connectivity index (χ1v) is 5.72. The van der Waals surface area contributed by atoms with Crippen LogP contribution in [0.25, 0.3) is 0 Å². The van der Waals surface area contributed by atoms with Gasteiger partial charge in [0.25, 0.3) is 11.8 Å². The maximum absolute atomic E-state index is 11.1. The highest BCUT2D eigenvalue weighted by Gasteiger charge is 2.28. The first kappa shape index (κ1) is 15.3. The molecule has 0 bridgehead atoms. The van der Waals surface area contributed by atoms with E-state index >= 15 is 0 Å². The van der Waals surface area contributed by atoms with Crippen LogP contribution >= 0.6 is 0 Å². The number of unbranched alkanes of at least 4 members (excludes halogenated alkanes) is 1. The van der Waals surface area contributed by atoms with E-state index in [1.807, 2.05) is 6.92 Å². The summed E-state index contributed by atoms with van der Waals surface area (Å²) in [4.78, 5) is 30.7. The summed E-state index contributed by atoms with van der Waals surface area (Å²) in [6, 6.07) is 1.86. The smallest absolute Gasteiger partial charge is 0.302 e. The molecule has 0 N–H and O–H groups in total. The second-order valence-electron chi connectivity index (χ2n) is 3.88. The van der Waals surface area contributed by atoms with Gasteiger partial charge < -0.3 is 14.6 Å². The Bertz CT molecular complexity index is 556. The Morgan fingerprint density at radius 1 is 1.25 bits per heavy atom. The van der Waals surface area contributed by atoms with Crippen molar-refractivity contribution in [3.63, 3.8) is 0 Å². The number of ether oxygens (including phenoxy) is 1. The number of carbonyl (C=O) groups is 1. The summed E-state index contributed by atoms with van der Waals surface area (Å²) < 4.78 is 4.20. The molecule has 0 fully saturated rings. The first-order chi connectivity index (χ1) is 9.38. The second-order valence-corrected chi connectivity index (χ2v) is 3.88. The Morgan fingerprint density at radius 2 is 1.90 bits per heavy atom. The van der Waals surface area contributed by atoms with Crippen LogP contribution in [0, 0.1) is 20.2 Å². The van der Waals surface area contributed by atoms with E-state index in [1.165, 1.54) is 0 Å². The van der Waals surface area contributed by atoms with Gasteiger partial charge in [-0.05, 0) is 18.9 Å². The van der Waals surface area contributed by atoms with E-state index in [0.29, 0.717) is 12.8 Å². The van der Waals surface area contributed by atoms with Gasteiger partial charge in [0.15, 0.2) is 0 Å². The third kappa shape index (κ3) is 3.40. The summed E-state index contributed by atoms with van der Waals surface area (Å²) in [6.45, 7) is 1.82. The Kier molecular flexibility index (Phi) is 4.95. The lowest BCUT2D eigenvalue weighted by atomic mass is 10.0. The van der Waals surface area contributed by atoms with Gasteiger partial charge in [0.2, 0.25) is 0 Å². The molecule has 0 saturated heterocycles. The Balaban J connectivity index is 3.47. The number of hydrogen-bond acceptors (Lipinski definition) is 7. The Hall–Kier alpha value is -2.71. The number of rotatable bonds is 6. The molecule has 0 saturated carbocycles. The van der Waals surface area contributed by atoms with Gasteiger partial charge in [-0.15, -0.1) is 0 Å². The molecule has 1 aromatic carbocycles. The summed E-state index contributed by atoms with van der Waals surface area (Å²) in [7, 11) is 0. The van der Waals surface area contributed by atoms with E-state index in [-0.39, 0.29) is 12.0 Å². The number of nitro benzene ring substituents is 2. The van der Waals surface area contributed by atoms with Crippen molar-refractivity contribution < 1.29 is 24.5 Å². The lowest BCUT2D eigenvalue weighted by Gasteiger charge is -2.11. The summed E-state index contributed by atoms with van der Waals surface area (Å²) in [5.41, 5.74) is -1.30. The quantitative estimate of drug-likeness (QED) is 0.334. The van der Waals surface area contributed by atoms with E-state index in [1.54, 1.807) is 0 Å². The zero-order valence-electron chi connectivity index (χ0n) is 10.5. The maximum atomic E-state index is 11.1. The first-order valence-electron chi connectivity index (χ1n) is 5.72. The van der Waals surface area contributed by atoms with Crippen LogP contribution in [0.1, 0.15) is 25.3 Å².